The number of aliphatic imine (C=N–C) groups is 1. The molecule has 0 amide bonds. The first kappa shape index (κ1) is 14.3. The van der Waals surface area contributed by atoms with Gasteiger partial charge in [0.15, 0.2) is 17.2 Å². The maximum absolute atomic E-state index is 12.0. The van der Waals surface area contributed by atoms with E-state index in [0.29, 0.717) is 17.4 Å². The topological polar surface area (TPSA) is 57.1 Å². The van der Waals surface area contributed by atoms with Crippen LogP contribution in [-0.4, -0.2) is 18.7 Å². The molecule has 0 aromatic heterocycles. The monoisotopic (exact) mass is 419 g/mol. The van der Waals surface area contributed by atoms with Gasteiger partial charge in [-0.1, -0.05) is 12.1 Å². The summed E-state index contributed by atoms with van der Waals surface area (Å²) >= 11 is 2.20. The Balaban J connectivity index is 1.67. The van der Waals surface area contributed by atoms with Gasteiger partial charge in [0.1, 0.15) is 0 Å². The molecule has 2 aliphatic rings. The highest BCUT2D eigenvalue weighted by Gasteiger charge is 2.24. The van der Waals surface area contributed by atoms with Crippen molar-refractivity contribution in [3.05, 3.63) is 62.9 Å². The van der Waals surface area contributed by atoms with Crippen molar-refractivity contribution in [2.24, 2.45) is 4.99 Å². The molecule has 114 valence electrons. The number of ether oxygens (including phenoxy) is 3. The van der Waals surface area contributed by atoms with Gasteiger partial charge < -0.3 is 14.2 Å². The minimum Gasteiger partial charge on any atom is -0.454 e. The van der Waals surface area contributed by atoms with Gasteiger partial charge >= 0.3 is 5.97 Å². The van der Waals surface area contributed by atoms with Crippen LogP contribution in [-0.2, 0) is 9.53 Å². The minimum absolute atomic E-state index is 0.215. The number of rotatable bonds is 2. The van der Waals surface area contributed by atoms with Crippen molar-refractivity contribution in [1.29, 1.82) is 0 Å². The van der Waals surface area contributed by atoms with Crippen molar-refractivity contribution in [2.75, 3.05) is 6.79 Å². The zero-order chi connectivity index (χ0) is 15.8. The molecular formula is C17H10INO4. The molecule has 2 aromatic rings. The highest BCUT2D eigenvalue weighted by atomic mass is 127. The van der Waals surface area contributed by atoms with E-state index in [9.17, 15) is 4.79 Å². The summed E-state index contributed by atoms with van der Waals surface area (Å²) in [6.07, 6.45) is 1.67. The van der Waals surface area contributed by atoms with Crippen molar-refractivity contribution < 1.29 is 19.0 Å². The standard InChI is InChI=1S/C17H10INO4/c18-12-3-1-2-11(8-12)16-19-13(17(20)23-16)6-10-4-5-14-15(7-10)22-9-21-14/h1-8H,9H2/b13-6+. The van der Waals surface area contributed by atoms with E-state index < -0.39 is 5.97 Å². The second-order valence-corrected chi connectivity index (χ2v) is 6.20. The summed E-state index contributed by atoms with van der Waals surface area (Å²) in [5.41, 5.74) is 1.84. The molecule has 0 N–H and O–H groups in total. The fraction of sp³-hybridized carbons (Fsp3) is 0.0588. The van der Waals surface area contributed by atoms with Gasteiger partial charge in [-0.25, -0.2) is 9.79 Å². The van der Waals surface area contributed by atoms with Crippen LogP contribution in [0.2, 0.25) is 0 Å². The highest BCUT2D eigenvalue weighted by molar-refractivity contribution is 14.1. The number of nitrogens with zero attached hydrogens (tertiary/aromatic N) is 1. The Kier molecular flexibility index (Phi) is 3.53. The zero-order valence-electron chi connectivity index (χ0n) is 11.8. The van der Waals surface area contributed by atoms with E-state index in [0.717, 1.165) is 14.7 Å². The van der Waals surface area contributed by atoms with Crippen molar-refractivity contribution in [1.82, 2.24) is 0 Å². The van der Waals surface area contributed by atoms with Crippen LogP contribution in [0.3, 0.4) is 0 Å². The number of benzene rings is 2. The number of carbonyl (C=O) groups is 1. The van der Waals surface area contributed by atoms with Crippen LogP contribution in [0.25, 0.3) is 6.08 Å². The number of fused-ring (bicyclic) bond motifs is 1. The van der Waals surface area contributed by atoms with Crippen LogP contribution in [0, 0.1) is 3.57 Å². The Morgan fingerprint density at radius 1 is 1.09 bits per heavy atom. The molecule has 0 spiro atoms. The molecule has 0 bridgehead atoms. The molecule has 2 heterocycles. The molecule has 0 fully saturated rings. The van der Waals surface area contributed by atoms with Crippen LogP contribution >= 0.6 is 22.6 Å². The smallest absolute Gasteiger partial charge is 0.363 e. The third-order valence-electron chi connectivity index (χ3n) is 3.39. The van der Waals surface area contributed by atoms with E-state index in [2.05, 4.69) is 27.6 Å². The van der Waals surface area contributed by atoms with Crippen LogP contribution in [0.15, 0.2) is 53.2 Å². The third kappa shape index (κ3) is 2.81. The van der Waals surface area contributed by atoms with Crippen molar-refractivity contribution in [2.45, 2.75) is 0 Å². The van der Waals surface area contributed by atoms with Crippen molar-refractivity contribution in [3.8, 4) is 11.5 Å². The molecule has 2 aliphatic heterocycles. The predicted octanol–water partition coefficient (Wildman–Crippen LogP) is 3.36. The molecule has 6 heteroatoms. The molecule has 4 rings (SSSR count). The quantitative estimate of drug-likeness (QED) is 0.426. The van der Waals surface area contributed by atoms with Gasteiger partial charge in [-0.05, 0) is 64.6 Å². The van der Waals surface area contributed by atoms with Gasteiger partial charge in [0.25, 0.3) is 0 Å². The Morgan fingerprint density at radius 2 is 1.96 bits per heavy atom. The van der Waals surface area contributed by atoms with Crippen LogP contribution in [0.1, 0.15) is 11.1 Å². The van der Waals surface area contributed by atoms with Gasteiger partial charge in [0.2, 0.25) is 12.7 Å². The Hall–Kier alpha value is -2.35. The third-order valence-corrected chi connectivity index (χ3v) is 4.06. The summed E-state index contributed by atoms with van der Waals surface area (Å²) in [6, 6.07) is 13.1. The molecule has 0 atom stereocenters. The summed E-state index contributed by atoms with van der Waals surface area (Å²) in [6.45, 7) is 0.215. The first-order chi connectivity index (χ1) is 11.2. The van der Waals surface area contributed by atoms with Gasteiger partial charge in [0, 0.05) is 9.13 Å². The van der Waals surface area contributed by atoms with Gasteiger partial charge in [-0.15, -0.1) is 0 Å². The molecule has 0 radical (unpaired) electrons. The summed E-state index contributed by atoms with van der Waals surface area (Å²) in [5, 5.41) is 0. The molecule has 0 aliphatic carbocycles. The predicted molar refractivity (Wildman–Crippen MR) is 92.3 cm³/mol. The second-order valence-electron chi connectivity index (χ2n) is 4.96. The molecular weight excluding hydrogens is 409 g/mol. The summed E-state index contributed by atoms with van der Waals surface area (Å²) in [5.74, 6) is 1.22. The summed E-state index contributed by atoms with van der Waals surface area (Å²) in [4.78, 5) is 16.3. The lowest BCUT2D eigenvalue weighted by atomic mass is 10.1. The lowest BCUT2D eigenvalue weighted by Gasteiger charge is -1.99. The van der Waals surface area contributed by atoms with E-state index in [-0.39, 0.29) is 12.5 Å². The SMILES string of the molecule is O=C1OC(c2cccc(I)c2)=N/C1=C/c1ccc2c(c1)OCO2. The summed E-state index contributed by atoms with van der Waals surface area (Å²) < 4.78 is 16.9. The van der Waals surface area contributed by atoms with E-state index in [4.69, 9.17) is 14.2 Å². The zero-order valence-corrected chi connectivity index (χ0v) is 13.9. The fourth-order valence-corrected chi connectivity index (χ4v) is 2.86. The Bertz CT molecular complexity index is 873. The van der Waals surface area contributed by atoms with Crippen molar-refractivity contribution in [3.63, 3.8) is 0 Å². The maximum Gasteiger partial charge on any atom is 0.363 e. The van der Waals surface area contributed by atoms with E-state index in [1.807, 2.05) is 36.4 Å². The van der Waals surface area contributed by atoms with Gasteiger partial charge in [-0.2, -0.15) is 0 Å². The average Bonchev–Trinajstić information content (AvgIpc) is 3.14. The van der Waals surface area contributed by atoms with E-state index in [1.54, 1.807) is 12.1 Å². The molecule has 5 nitrogen and oxygen atoms in total. The fourth-order valence-electron chi connectivity index (χ4n) is 2.31. The normalized spacial score (nSPS) is 17.3. The van der Waals surface area contributed by atoms with E-state index in [1.165, 1.54) is 0 Å². The Labute approximate surface area is 145 Å². The average molecular weight is 419 g/mol. The highest BCUT2D eigenvalue weighted by Crippen LogP contribution is 2.33. The van der Waals surface area contributed by atoms with E-state index >= 15 is 0 Å². The molecule has 0 saturated carbocycles. The number of hydrogen-bond acceptors (Lipinski definition) is 5. The van der Waals surface area contributed by atoms with Crippen molar-refractivity contribution >= 4 is 40.5 Å². The number of esters is 1. The molecule has 0 unspecified atom stereocenters. The first-order valence-corrected chi connectivity index (χ1v) is 7.95. The molecule has 23 heavy (non-hydrogen) atoms. The van der Waals surface area contributed by atoms with Crippen LogP contribution < -0.4 is 9.47 Å². The van der Waals surface area contributed by atoms with Gasteiger partial charge in [0.05, 0.1) is 0 Å². The number of hydrogen-bond donors (Lipinski definition) is 0. The lowest BCUT2D eigenvalue weighted by Crippen LogP contribution is -2.05. The van der Waals surface area contributed by atoms with Gasteiger partial charge in [-0.3, -0.25) is 0 Å². The number of cyclic esters (lactones) is 1. The summed E-state index contributed by atoms with van der Waals surface area (Å²) in [7, 11) is 0. The van der Waals surface area contributed by atoms with Crippen LogP contribution in [0.4, 0.5) is 0 Å². The number of carbonyl (C=O) groups excluding carboxylic acids is 1. The Morgan fingerprint density at radius 3 is 2.83 bits per heavy atom. The number of halogens is 1. The lowest BCUT2D eigenvalue weighted by molar-refractivity contribution is -0.129. The molecule has 0 saturated heterocycles. The maximum atomic E-state index is 12.0. The largest absolute Gasteiger partial charge is 0.454 e. The second kappa shape index (κ2) is 5.69. The van der Waals surface area contributed by atoms with Crippen LogP contribution in [0.5, 0.6) is 11.5 Å². The first-order valence-electron chi connectivity index (χ1n) is 6.87. The molecule has 2 aromatic carbocycles. The minimum atomic E-state index is -0.462.